The van der Waals surface area contributed by atoms with Gasteiger partial charge in [0.1, 0.15) is 0 Å². The lowest BCUT2D eigenvalue weighted by Gasteiger charge is -2.19. The highest BCUT2D eigenvalue weighted by Gasteiger charge is 2.22. The third-order valence-corrected chi connectivity index (χ3v) is 5.17. The van der Waals surface area contributed by atoms with E-state index in [-0.39, 0.29) is 5.91 Å². The number of nitrogens with zero attached hydrogens (tertiary/aromatic N) is 3. The minimum Gasteiger partial charge on any atom is -0.278 e. The van der Waals surface area contributed by atoms with Gasteiger partial charge in [0, 0.05) is 16.8 Å². The number of amides is 1. The van der Waals surface area contributed by atoms with Gasteiger partial charge in [-0.1, -0.05) is 47.2 Å². The number of halogens is 1. The summed E-state index contributed by atoms with van der Waals surface area (Å²) in [7, 11) is 0. The number of hydrogen-bond acceptors (Lipinski definition) is 4. The number of para-hydroxylation sites is 1. The van der Waals surface area contributed by atoms with Crippen molar-refractivity contribution in [2.45, 2.75) is 6.54 Å². The van der Waals surface area contributed by atoms with Crippen LogP contribution in [0.3, 0.4) is 0 Å². The second-order valence-electron chi connectivity index (χ2n) is 5.69. The second-order valence-corrected chi connectivity index (χ2v) is 7.13. The molecule has 0 fully saturated rings. The zero-order valence-corrected chi connectivity index (χ0v) is 15.2. The monoisotopic (exact) mass is 379 g/mol. The Kier molecular flexibility index (Phi) is 4.65. The van der Waals surface area contributed by atoms with Gasteiger partial charge in [-0.05, 0) is 42.5 Å². The number of fused-ring (bicyclic) bond motifs is 1. The molecule has 0 saturated carbocycles. The highest BCUT2D eigenvalue weighted by Crippen LogP contribution is 2.30. The van der Waals surface area contributed by atoms with Gasteiger partial charge in [0.25, 0.3) is 5.91 Å². The van der Waals surface area contributed by atoms with Gasteiger partial charge in [-0.2, -0.15) is 0 Å². The van der Waals surface area contributed by atoms with Crippen LogP contribution < -0.4 is 4.90 Å². The first kappa shape index (κ1) is 16.7. The Morgan fingerprint density at radius 1 is 1.04 bits per heavy atom. The molecule has 4 aromatic rings. The largest absolute Gasteiger partial charge is 0.278 e. The predicted molar refractivity (Wildman–Crippen MR) is 106 cm³/mol. The maximum atomic E-state index is 13.2. The minimum atomic E-state index is -0.155. The lowest BCUT2D eigenvalue weighted by molar-refractivity contribution is 0.0985. The molecule has 0 spiro atoms. The Morgan fingerprint density at radius 2 is 1.88 bits per heavy atom. The first-order valence-corrected chi connectivity index (χ1v) is 9.23. The number of carbonyl (C=O) groups excluding carboxylic acids is 1. The van der Waals surface area contributed by atoms with Crippen LogP contribution in [0.25, 0.3) is 10.2 Å². The first-order chi connectivity index (χ1) is 12.7. The third kappa shape index (κ3) is 3.45. The maximum absolute atomic E-state index is 13.2. The van der Waals surface area contributed by atoms with E-state index in [2.05, 4.69) is 9.97 Å². The Hall–Kier alpha value is -2.76. The molecule has 4 nitrogen and oxygen atoms in total. The average Bonchev–Trinajstić information content (AvgIpc) is 3.10. The van der Waals surface area contributed by atoms with Crippen LogP contribution in [0.4, 0.5) is 5.13 Å². The quantitative estimate of drug-likeness (QED) is 0.490. The SMILES string of the molecule is O=C(c1cccc(Cl)c1)N(Cc1ccccn1)c1nc2ccccc2s1. The van der Waals surface area contributed by atoms with Crippen molar-refractivity contribution in [3.8, 4) is 0 Å². The number of carbonyl (C=O) groups is 1. The lowest BCUT2D eigenvalue weighted by atomic mass is 10.2. The fraction of sp³-hybridized carbons (Fsp3) is 0.0500. The van der Waals surface area contributed by atoms with Crippen LogP contribution >= 0.6 is 22.9 Å². The van der Waals surface area contributed by atoms with E-state index in [1.165, 1.54) is 11.3 Å². The molecular weight excluding hydrogens is 366 g/mol. The van der Waals surface area contributed by atoms with Crippen molar-refractivity contribution in [1.82, 2.24) is 9.97 Å². The van der Waals surface area contributed by atoms with E-state index in [0.29, 0.717) is 22.3 Å². The predicted octanol–water partition coefficient (Wildman–Crippen LogP) is 5.19. The number of aromatic nitrogens is 2. The third-order valence-electron chi connectivity index (χ3n) is 3.88. The number of hydrogen-bond donors (Lipinski definition) is 0. The van der Waals surface area contributed by atoms with E-state index in [0.717, 1.165) is 15.9 Å². The Bertz CT molecular complexity index is 1030. The Labute approximate surface area is 159 Å². The summed E-state index contributed by atoms with van der Waals surface area (Å²) in [5.74, 6) is -0.155. The topological polar surface area (TPSA) is 46.1 Å². The van der Waals surface area contributed by atoms with E-state index in [9.17, 15) is 4.79 Å². The number of benzene rings is 2. The fourth-order valence-corrected chi connectivity index (χ4v) is 3.79. The van der Waals surface area contributed by atoms with E-state index >= 15 is 0 Å². The summed E-state index contributed by atoms with van der Waals surface area (Å²) >= 11 is 7.55. The molecule has 0 aliphatic rings. The van der Waals surface area contributed by atoms with Crippen LogP contribution in [-0.2, 0) is 6.54 Å². The summed E-state index contributed by atoms with van der Waals surface area (Å²) in [6.45, 7) is 0.339. The van der Waals surface area contributed by atoms with Crippen molar-refractivity contribution in [2.24, 2.45) is 0 Å². The van der Waals surface area contributed by atoms with Crippen LogP contribution in [0.2, 0.25) is 5.02 Å². The fourth-order valence-electron chi connectivity index (χ4n) is 2.63. The van der Waals surface area contributed by atoms with E-state index in [4.69, 9.17) is 11.6 Å². The molecule has 0 saturated heterocycles. The van der Waals surface area contributed by atoms with E-state index < -0.39 is 0 Å². The van der Waals surface area contributed by atoms with Crippen molar-refractivity contribution in [3.63, 3.8) is 0 Å². The Morgan fingerprint density at radius 3 is 2.65 bits per heavy atom. The van der Waals surface area contributed by atoms with Crippen molar-refractivity contribution < 1.29 is 4.79 Å². The molecule has 0 aliphatic carbocycles. The number of pyridine rings is 1. The summed E-state index contributed by atoms with van der Waals surface area (Å²) in [5.41, 5.74) is 2.19. The normalized spacial score (nSPS) is 10.8. The summed E-state index contributed by atoms with van der Waals surface area (Å²) in [5, 5.41) is 1.17. The van der Waals surface area contributed by atoms with E-state index in [1.54, 1.807) is 35.4 Å². The zero-order valence-electron chi connectivity index (χ0n) is 13.7. The summed E-state index contributed by atoms with van der Waals surface area (Å²) in [6.07, 6.45) is 1.72. The Balaban J connectivity index is 1.77. The smallest absolute Gasteiger partial charge is 0.260 e. The average molecular weight is 380 g/mol. The van der Waals surface area contributed by atoms with Crippen molar-refractivity contribution in [2.75, 3.05) is 4.90 Å². The summed E-state index contributed by atoms with van der Waals surface area (Å²) < 4.78 is 1.03. The van der Waals surface area contributed by atoms with Crippen molar-refractivity contribution in [1.29, 1.82) is 0 Å². The van der Waals surface area contributed by atoms with Gasteiger partial charge in [-0.3, -0.25) is 14.7 Å². The first-order valence-electron chi connectivity index (χ1n) is 8.03. The summed E-state index contributed by atoms with van der Waals surface area (Å²) in [6, 6.07) is 20.4. The molecule has 1 amide bonds. The molecule has 0 radical (unpaired) electrons. The number of thiazole rings is 1. The highest BCUT2D eigenvalue weighted by atomic mass is 35.5. The van der Waals surface area contributed by atoms with Gasteiger partial charge in [0.15, 0.2) is 5.13 Å². The number of rotatable bonds is 4. The molecule has 0 atom stereocenters. The molecule has 128 valence electrons. The van der Waals surface area contributed by atoms with Crippen LogP contribution in [0.5, 0.6) is 0 Å². The van der Waals surface area contributed by atoms with Crippen LogP contribution in [0.1, 0.15) is 16.1 Å². The van der Waals surface area contributed by atoms with Gasteiger partial charge < -0.3 is 0 Å². The number of anilines is 1. The standard InChI is InChI=1S/C20H14ClN3OS/c21-15-7-5-6-14(12-15)19(25)24(13-16-8-3-4-11-22-16)20-23-17-9-1-2-10-18(17)26-20/h1-12H,13H2. The molecule has 2 heterocycles. The molecule has 4 rings (SSSR count). The molecule has 0 unspecified atom stereocenters. The van der Waals surface area contributed by atoms with E-state index in [1.807, 2.05) is 42.5 Å². The lowest BCUT2D eigenvalue weighted by Crippen LogP contribution is -2.30. The molecule has 2 aromatic heterocycles. The van der Waals surface area contributed by atoms with Crippen molar-refractivity contribution >= 4 is 44.2 Å². The molecular formula is C20H14ClN3OS. The van der Waals surface area contributed by atoms with Gasteiger partial charge in [-0.25, -0.2) is 4.98 Å². The van der Waals surface area contributed by atoms with Crippen LogP contribution in [0.15, 0.2) is 72.9 Å². The molecule has 26 heavy (non-hydrogen) atoms. The van der Waals surface area contributed by atoms with Gasteiger partial charge in [-0.15, -0.1) is 0 Å². The molecule has 2 aromatic carbocycles. The molecule has 6 heteroatoms. The zero-order chi connectivity index (χ0) is 17.9. The van der Waals surface area contributed by atoms with Crippen LogP contribution in [0, 0.1) is 0 Å². The highest BCUT2D eigenvalue weighted by molar-refractivity contribution is 7.22. The van der Waals surface area contributed by atoms with Crippen LogP contribution in [-0.4, -0.2) is 15.9 Å². The second kappa shape index (κ2) is 7.23. The minimum absolute atomic E-state index is 0.155. The molecule has 0 N–H and O–H groups in total. The summed E-state index contributed by atoms with van der Waals surface area (Å²) in [4.78, 5) is 23.8. The molecule has 0 bridgehead atoms. The van der Waals surface area contributed by atoms with Crippen molar-refractivity contribution in [3.05, 3.63) is 89.2 Å². The van der Waals surface area contributed by atoms with Gasteiger partial charge >= 0.3 is 0 Å². The molecule has 0 aliphatic heterocycles. The maximum Gasteiger partial charge on any atom is 0.260 e. The van der Waals surface area contributed by atoms with Gasteiger partial charge in [0.2, 0.25) is 0 Å². The van der Waals surface area contributed by atoms with Gasteiger partial charge in [0.05, 0.1) is 22.5 Å².